The molecule has 126 valence electrons. The molecule has 0 saturated carbocycles. The van der Waals surface area contributed by atoms with Crippen LogP contribution in [0.15, 0.2) is 18.2 Å². The fourth-order valence-corrected chi connectivity index (χ4v) is 3.15. The first kappa shape index (κ1) is 17.4. The van der Waals surface area contributed by atoms with Gasteiger partial charge < -0.3 is 10.0 Å². The number of carbonyl (C=O) groups excluding carboxylic acids is 1. The van der Waals surface area contributed by atoms with Gasteiger partial charge in [0.05, 0.1) is 6.54 Å². The van der Waals surface area contributed by atoms with Crippen LogP contribution in [0.5, 0.6) is 0 Å². The number of amides is 1. The number of aryl methyl sites for hydroxylation is 1. The van der Waals surface area contributed by atoms with E-state index in [2.05, 4.69) is 0 Å². The van der Waals surface area contributed by atoms with Gasteiger partial charge in [0.15, 0.2) is 0 Å². The van der Waals surface area contributed by atoms with E-state index in [-0.39, 0.29) is 18.5 Å². The van der Waals surface area contributed by atoms with Crippen molar-refractivity contribution in [1.82, 2.24) is 9.80 Å². The Bertz CT molecular complexity index is 563. The summed E-state index contributed by atoms with van der Waals surface area (Å²) in [6.07, 6.45) is 1.47. The van der Waals surface area contributed by atoms with Crippen molar-refractivity contribution < 1.29 is 19.1 Å². The summed E-state index contributed by atoms with van der Waals surface area (Å²) in [6.45, 7) is 5.53. The van der Waals surface area contributed by atoms with Crippen molar-refractivity contribution in [1.29, 1.82) is 0 Å². The summed E-state index contributed by atoms with van der Waals surface area (Å²) in [5, 5.41) is 8.94. The Hall–Kier alpha value is -1.95. The van der Waals surface area contributed by atoms with Gasteiger partial charge in [-0.2, -0.15) is 0 Å². The molecule has 0 unspecified atom stereocenters. The van der Waals surface area contributed by atoms with Crippen LogP contribution in [-0.4, -0.2) is 59.0 Å². The van der Waals surface area contributed by atoms with Crippen LogP contribution >= 0.6 is 0 Å². The van der Waals surface area contributed by atoms with Crippen LogP contribution in [-0.2, 0) is 4.79 Å². The van der Waals surface area contributed by atoms with Crippen LogP contribution in [0.2, 0.25) is 0 Å². The van der Waals surface area contributed by atoms with Crippen molar-refractivity contribution in [3.63, 3.8) is 0 Å². The first-order valence-electron chi connectivity index (χ1n) is 7.93. The number of piperidine rings is 1. The minimum absolute atomic E-state index is 0.0260. The van der Waals surface area contributed by atoms with Crippen molar-refractivity contribution in [3.8, 4) is 0 Å². The minimum atomic E-state index is -0.833. The summed E-state index contributed by atoms with van der Waals surface area (Å²) in [5.41, 5.74) is 1.10. The van der Waals surface area contributed by atoms with Gasteiger partial charge >= 0.3 is 5.97 Å². The molecule has 5 nitrogen and oxygen atoms in total. The zero-order chi connectivity index (χ0) is 17.0. The molecule has 1 aromatic rings. The normalized spacial score (nSPS) is 15.9. The van der Waals surface area contributed by atoms with E-state index in [9.17, 15) is 14.0 Å². The molecular formula is C17H23FN2O3. The minimum Gasteiger partial charge on any atom is -0.480 e. The number of carbonyl (C=O) groups is 2. The predicted molar refractivity (Wildman–Crippen MR) is 84.9 cm³/mol. The van der Waals surface area contributed by atoms with Gasteiger partial charge in [-0.05, 0) is 50.1 Å². The Morgan fingerprint density at radius 2 is 1.96 bits per heavy atom. The third-order valence-corrected chi connectivity index (χ3v) is 4.30. The molecule has 1 saturated heterocycles. The number of rotatable bonds is 5. The van der Waals surface area contributed by atoms with Crippen LogP contribution in [0.25, 0.3) is 0 Å². The summed E-state index contributed by atoms with van der Waals surface area (Å²) in [5.74, 6) is -1.39. The summed E-state index contributed by atoms with van der Waals surface area (Å²) in [7, 11) is 0. The van der Waals surface area contributed by atoms with E-state index in [1.807, 2.05) is 11.8 Å². The standard InChI is InChI=1S/C17H23FN2O3/c1-3-19(11-16(21)22)15-4-6-20(7-5-15)17(23)13-8-12(2)9-14(18)10-13/h8-10,15H,3-7,11H2,1-2H3,(H,21,22). The third-order valence-electron chi connectivity index (χ3n) is 4.30. The molecule has 1 fully saturated rings. The van der Waals surface area contributed by atoms with Crippen LogP contribution < -0.4 is 0 Å². The SMILES string of the molecule is CCN(CC(=O)O)C1CCN(C(=O)c2cc(C)cc(F)c2)CC1. The lowest BCUT2D eigenvalue weighted by atomic mass is 10.0. The summed E-state index contributed by atoms with van der Waals surface area (Å²) < 4.78 is 13.5. The molecule has 1 N–H and O–H groups in total. The zero-order valence-corrected chi connectivity index (χ0v) is 13.6. The molecule has 0 atom stereocenters. The number of likely N-dealkylation sites (tertiary alicyclic amines) is 1. The smallest absolute Gasteiger partial charge is 0.317 e. The van der Waals surface area contributed by atoms with Gasteiger partial charge in [-0.3, -0.25) is 14.5 Å². The van der Waals surface area contributed by atoms with E-state index < -0.39 is 11.8 Å². The van der Waals surface area contributed by atoms with Crippen molar-refractivity contribution >= 4 is 11.9 Å². The second kappa shape index (κ2) is 7.55. The number of halogens is 1. The number of aliphatic carboxylic acids is 1. The van der Waals surface area contributed by atoms with Crippen LogP contribution in [0.3, 0.4) is 0 Å². The lowest BCUT2D eigenvalue weighted by molar-refractivity contribution is -0.139. The van der Waals surface area contributed by atoms with Crippen molar-refractivity contribution in [2.24, 2.45) is 0 Å². The highest BCUT2D eigenvalue weighted by atomic mass is 19.1. The van der Waals surface area contributed by atoms with Gasteiger partial charge in [0.1, 0.15) is 5.82 Å². The monoisotopic (exact) mass is 322 g/mol. The number of carboxylic acids is 1. The summed E-state index contributed by atoms with van der Waals surface area (Å²) in [4.78, 5) is 27.0. The summed E-state index contributed by atoms with van der Waals surface area (Å²) >= 11 is 0. The number of likely N-dealkylation sites (N-methyl/N-ethyl adjacent to an activating group) is 1. The number of carboxylic acid groups (broad SMARTS) is 1. The summed E-state index contributed by atoms with van der Waals surface area (Å²) in [6, 6.07) is 4.54. The maximum absolute atomic E-state index is 13.5. The van der Waals surface area contributed by atoms with Gasteiger partial charge in [-0.15, -0.1) is 0 Å². The molecule has 0 bridgehead atoms. The Morgan fingerprint density at radius 1 is 1.30 bits per heavy atom. The fourth-order valence-electron chi connectivity index (χ4n) is 3.15. The topological polar surface area (TPSA) is 60.9 Å². The Morgan fingerprint density at radius 3 is 2.48 bits per heavy atom. The third kappa shape index (κ3) is 4.51. The van der Waals surface area contributed by atoms with Crippen molar-refractivity contribution in [2.75, 3.05) is 26.2 Å². The first-order chi connectivity index (χ1) is 10.9. The van der Waals surface area contributed by atoms with E-state index in [0.717, 1.165) is 18.4 Å². The molecule has 1 aromatic carbocycles. The highest BCUT2D eigenvalue weighted by molar-refractivity contribution is 5.94. The molecule has 0 aliphatic carbocycles. The Labute approximate surface area is 135 Å². The highest BCUT2D eigenvalue weighted by Crippen LogP contribution is 2.19. The van der Waals surface area contributed by atoms with Crippen LogP contribution in [0.1, 0.15) is 35.7 Å². The van der Waals surface area contributed by atoms with Gasteiger partial charge in [-0.1, -0.05) is 6.92 Å². The molecule has 23 heavy (non-hydrogen) atoms. The van der Waals surface area contributed by atoms with E-state index in [4.69, 9.17) is 5.11 Å². The second-order valence-corrected chi connectivity index (χ2v) is 6.00. The van der Waals surface area contributed by atoms with Gasteiger partial charge in [0, 0.05) is 24.7 Å². The molecule has 0 aromatic heterocycles. The predicted octanol–water partition coefficient (Wildman–Crippen LogP) is 2.15. The van der Waals surface area contributed by atoms with E-state index in [1.165, 1.54) is 12.1 Å². The molecule has 1 aliphatic heterocycles. The lowest BCUT2D eigenvalue weighted by Gasteiger charge is -2.37. The average molecular weight is 322 g/mol. The molecule has 1 aliphatic rings. The van der Waals surface area contributed by atoms with Gasteiger partial charge in [0.2, 0.25) is 0 Å². The Kier molecular flexibility index (Phi) is 5.71. The van der Waals surface area contributed by atoms with Gasteiger partial charge in [-0.25, -0.2) is 4.39 Å². The second-order valence-electron chi connectivity index (χ2n) is 6.00. The van der Waals surface area contributed by atoms with Crippen LogP contribution in [0, 0.1) is 12.7 Å². The molecule has 2 rings (SSSR count). The quantitative estimate of drug-likeness (QED) is 0.902. The number of hydrogen-bond acceptors (Lipinski definition) is 3. The molecule has 1 amide bonds. The number of hydrogen-bond donors (Lipinski definition) is 1. The zero-order valence-electron chi connectivity index (χ0n) is 13.6. The highest BCUT2D eigenvalue weighted by Gasteiger charge is 2.27. The van der Waals surface area contributed by atoms with Crippen LogP contribution in [0.4, 0.5) is 4.39 Å². The number of nitrogens with zero attached hydrogens (tertiary/aromatic N) is 2. The lowest BCUT2D eigenvalue weighted by Crippen LogP contribution is -2.48. The maximum atomic E-state index is 13.5. The number of benzene rings is 1. The molecular weight excluding hydrogens is 299 g/mol. The van der Waals surface area contributed by atoms with Gasteiger partial charge in [0.25, 0.3) is 5.91 Å². The Balaban J connectivity index is 1.98. The van der Waals surface area contributed by atoms with Crippen molar-refractivity contribution in [3.05, 3.63) is 35.1 Å². The van der Waals surface area contributed by atoms with E-state index >= 15 is 0 Å². The average Bonchev–Trinajstić information content (AvgIpc) is 2.51. The maximum Gasteiger partial charge on any atom is 0.317 e. The molecule has 6 heteroatoms. The molecule has 0 spiro atoms. The fraction of sp³-hybridized carbons (Fsp3) is 0.529. The largest absolute Gasteiger partial charge is 0.480 e. The van der Waals surface area contributed by atoms with E-state index in [0.29, 0.717) is 25.2 Å². The van der Waals surface area contributed by atoms with Crippen molar-refractivity contribution in [2.45, 2.75) is 32.7 Å². The first-order valence-corrected chi connectivity index (χ1v) is 7.93. The molecule has 0 radical (unpaired) electrons. The molecule has 1 heterocycles. The van der Waals surface area contributed by atoms with E-state index in [1.54, 1.807) is 17.9 Å².